The van der Waals surface area contributed by atoms with E-state index in [9.17, 15) is 0 Å². The molecule has 4 heteroatoms. The quantitative estimate of drug-likeness (QED) is 0.788. The first-order valence-corrected chi connectivity index (χ1v) is 6.43. The van der Waals surface area contributed by atoms with E-state index < -0.39 is 0 Å². The van der Waals surface area contributed by atoms with Gasteiger partial charge in [-0.15, -0.1) is 11.8 Å². The largest absolute Gasteiger partial charge is 0.495 e. The van der Waals surface area contributed by atoms with Gasteiger partial charge in [-0.05, 0) is 29.8 Å². The van der Waals surface area contributed by atoms with Gasteiger partial charge in [0.25, 0.3) is 0 Å². The molecule has 0 aliphatic heterocycles. The van der Waals surface area contributed by atoms with Crippen LogP contribution in [0.4, 0.5) is 0 Å². The van der Waals surface area contributed by atoms with Gasteiger partial charge in [0.1, 0.15) is 11.8 Å². The van der Waals surface area contributed by atoms with Crippen LogP contribution in [-0.4, -0.2) is 12.1 Å². The number of benzene rings is 1. The third-order valence-electron chi connectivity index (χ3n) is 2.41. The molecule has 0 amide bonds. The lowest BCUT2D eigenvalue weighted by atomic mass is 10.1. The molecular weight excluding hydrogens is 244 g/mol. The zero-order valence-electron chi connectivity index (χ0n) is 9.96. The van der Waals surface area contributed by atoms with Gasteiger partial charge in [0.2, 0.25) is 0 Å². The van der Waals surface area contributed by atoms with Gasteiger partial charge < -0.3 is 4.74 Å². The maximum absolute atomic E-state index is 8.90. The Bertz CT molecular complexity index is 564. The molecule has 0 aliphatic carbocycles. The fraction of sp³-hybridized carbons (Fsp3) is 0.143. The van der Waals surface area contributed by atoms with E-state index in [4.69, 9.17) is 10.00 Å². The van der Waals surface area contributed by atoms with Gasteiger partial charge in [-0.3, -0.25) is 0 Å². The predicted octanol–water partition coefficient (Wildman–Crippen LogP) is 3.25. The van der Waals surface area contributed by atoms with Crippen LogP contribution in [-0.2, 0) is 5.75 Å². The molecule has 0 N–H and O–H groups in total. The standard InChI is InChI=1S/C14H12N2OS/c1-17-13-8-11(5-6-12(13)9-15)10-18-14-4-2-3-7-16-14/h2-8H,10H2,1H3. The average molecular weight is 256 g/mol. The molecule has 0 aliphatic rings. The van der Waals surface area contributed by atoms with Crippen LogP contribution in [0.2, 0.25) is 0 Å². The van der Waals surface area contributed by atoms with Crippen LogP contribution in [0.25, 0.3) is 0 Å². The van der Waals surface area contributed by atoms with Crippen molar-refractivity contribution in [2.75, 3.05) is 7.11 Å². The maximum Gasteiger partial charge on any atom is 0.136 e. The minimum Gasteiger partial charge on any atom is -0.495 e. The molecule has 90 valence electrons. The topological polar surface area (TPSA) is 45.9 Å². The van der Waals surface area contributed by atoms with Gasteiger partial charge >= 0.3 is 0 Å². The normalized spacial score (nSPS) is 9.78. The van der Waals surface area contributed by atoms with E-state index in [1.807, 2.05) is 30.3 Å². The highest BCUT2D eigenvalue weighted by Crippen LogP contribution is 2.25. The average Bonchev–Trinajstić information content (AvgIpc) is 2.45. The lowest BCUT2D eigenvalue weighted by molar-refractivity contribution is 0.413. The molecule has 0 bridgehead atoms. The van der Waals surface area contributed by atoms with Crippen molar-refractivity contribution in [3.63, 3.8) is 0 Å². The van der Waals surface area contributed by atoms with Crippen molar-refractivity contribution < 1.29 is 4.74 Å². The van der Waals surface area contributed by atoms with Gasteiger partial charge in [0.15, 0.2) is 0 Å². The van der Waals surface area contributed by atoms with Gasteiger partial charge in [-0.25, -0.2) is 4.98 Å². The molecule has 18 heavy (non-hydrogen) atoms. The van der Waals surface area contributed by atoms with E-state index in [0.717, 1.165) is 16.3 Å². The molecule has 2 rings (SSSR count). The lowest BCUT2D eigenvalue weighted by Crippen LogP contribution is -1.90. The third kappa shape index (κ3) is 3.02. The van der Waals surface area contributed by atoms with Crippen LogP contribution in [0.5, 0.6) is 5.75 Å². The number of nitrogens with zero attached hydrogens (tertiary/aromatic N) is 2. The summed E-state index contributed by atoms with van der Waals surface area (Å²) in [4.78, 5) is 4.25. The highest BCUT2D eigenvalue weighted by atomic mass is 32.2. The summed E-state index contributed by atoms with van der Waals surface area (Å²) < 4.78 is 5.18. The minimum atomic E-state index is 0.559. The van der Waals surface area contributed by atoms with E-state index in [-0.39, 0.29) is 0 Å². The predicted molar refractivity (Wildman–Crippen MR) is 71.5 cm³/mol. The third-order valence-corrected chi connectivity index (χ3v) is 3.43. The molecule has 3 nitrogen and oxygen atoms in total. The smallest absolute Gasteiger partial charge is 0.136 e. The van der Waals surface area contributed by atoms with Crippen molar-refractivity contribution in [1.82, 2.24) is 4.98 Å². The van der Waals surface area contributed by atoms with Crippen LogP contribution in [0.3, 0.4) is 0 Å². The highest BCUT2D eigenvalue weighted by molar-refractivity contribution is 7.98. The molecule has 1 aromatic carbocycles. The first-order chi connectivity index (χ1) is 8.83. The van der Waals surface area contributed by atoms with Gasteiger partial charge in [0, 0.05) is 11.9 Å². The Kier molecular flexibility index (Phi) is 4.21. The second-order valence-electron chi connectivity index (χ2n) is 3.60. The highest BCUT2D eigenvalue weighted by Gasteiger charge is 2.04. The second kappa shape index (κ2) is 6.08. The van der Waals surface area contributed by atoms with E-state index in [2.05, 4.69) is 11.1 Å². The van der Waals surface area contributed by atoms with Crippen molar-refractivity contribution in [3.05, 3.63) is 53.7 Å². The number of hydrogen-bond donors (Lipinski definition) is 0. The van der Waals surface area contributed by atoms with Crippen molar-refractivity contribution in [2.45, 2.75) is 10.8 Å². The number of hydrogen-bond acceptors (Lipinski definition) is 4. The molecule has 0 spiro atoms. The molecule has 1 aromatic heterocycles. The molecule has 2 aromatic rings. The molecule has 0 unspecified atom stereocenters. The Morgan fingerprint density at radius 3 is 2.89 bits per heavy atom. The Balaban J connectivity index is 2.09. The zero-order valence-corrected chi connectivity index (χ0v) is 10.8. The summed E-state index contributed by atoms with van der Waals surface area (Å²) in [5.41, 5.74) is 1.67. The Morgan fingerprint density at radius 1 is 1.33 bits per heavy atom. The second-order valence-corrected chi connectivity index (χ2v) is 4.60. The fourth-order valence-electron chi connectivity index (χ4n) is 1.51. The molecule has 0 saturated carbocycles. The molecule has 0 radical (unpaired) electrons. The van der Waals surface area contributed by atoms with E-state index in [1.54, 1.807) is 31.1 Å². The lowest BCUT2D eigenvalue weighted by Gasteiger charge is -2.06. The van der Waals surface area contributed by atoms with Crippen LogP contribution >= 0.6 is 11.8 Å². The monoisotopic (exact) mass is 256 g/mol. The van der Waals surface area contributed by atoms with Crippen molar-refractivity contribution in [1.29, 1.82) is 5.26 Å². The van der Waals surface area contributed by atoms with Gasteiger partial charge in [0.05, 0.1) is 17.7 Å². The van der Waals surface area contributed by atoms with E-state index >= 15 is 0 Å². The minimum absolute atomic E-state index is 0.559. The molecule has 1 heterocycles. The number of nitriles is 1. The summed E-state index contributed by atoms with van der Waals surface area (Å²) in [6, 6.07) is 13.6. The summed E-state index contributed by atoms with van der Waals surface area (Å²) in [7, 11) is 1.58. The molecular formula is C14H12N2OS. The number of rotatable bonds is 4. The molecule has 0 atom stereocenters. The van der Waals surface area contributed by atoms with Crippen molar-refractivity contribution in [3.8, 4) is 11.8 Å². The summed E-state index contributed by atoms with van der Waals surface area (Å²) in [6.45, 7) is 0. The number of thioether (sulfide) groups is 1. The maximum atomic E-state index is 8.90. The Morgan fingerprint density at radius 2 is 2.22 bits per heavy atom. The number of pyridine rings is 1. The van der Waals surface area contributed by atoms with Crippen LogP contribution in [0.15, 0.2) is 47.6 Å². The van der Waals surface area contributed by atoms with Gasteiger partial charge in [-0.2, -0.15) is 5.26 Å². The Labute approximate surface area is 110 Å². The van der Waals surface area contributed by atoms with Crippen LogP contribution < -0.4 is 4.74 Å². The van der Waals surface area contributed by atoms with Crippen molar-refractivity contribution >= 4 is 11.8 Å². The number of aromatic nitrogens is 1. The number of ether oxygens (including phenoxy) is 1. The Hall–Kier alpha value is -1.99. The first kappa shape index (κ1) is 12.5. The van der Waals surface area contributed by atoms with E-state index in [0.29, 0.717) is 11.3 Å². The zero-order chi connectivity index (χ0) is 12.8. The van der Waals surface area contributed by atoms with Crippen LogP contribution in [0, 0.1) is 11.3 Å². The van der Waals surface area contributed by atoms with Crippen LogP contribution in [0.1, 0.15) is 11.1 Å². The summed E-state index contributed by atoms with van der Waals surface area (Å²) in [5, 5.41) is 9.89. The van der Waals surface area contributed by atoms with E-state index in [1.165, 1.54) is 0 Å². The number of methoxy groups -OCH3 is 1. The fourth-order valence-corrected chi connectivity index (χ4v) is 2.31. The first-order valence-electron chi connectivity index (χ1n) is 5.44. The summed E-state index contributed by atoms with van der Waals surface area (Å²) >= 11 is 1.66. The van der Waals surface area contributed by atoms with Gasteiger partial charge in [-0.1, -0.05) is 12.1 Å². The molecule has 0 fully saturated rings. The SMILES string of the molecule is COc1cc(CSc2ccccn2)ccc1C#N. The molecule has 0 saturated heterocycles. The van der Waals surface area contributed by atoms with Crippen molar-refractivity contribution in [2.24, 2.45) is 0 Å². The summed E-state index contributed by atoms with van der Waals surface area (Å²) in [6.07, 6.45) is 1.78. The summed E-state index contributed by atoms with van der Waals surface area (Å²) in [5.74, 6) is 1.43.